The van der Waals surface area contributed by atoms with Crippen molar-refractivity contribution in [2.24, 2.45) is 5.73 Å². The average molecular weight is 712 g/mol. The molecule has 2 aromatic carbocycles. The number of nitrogens with zero attached hydrogens (tertiary/aromatic N) is 5. The number of ether oxygens (including phenoxy) is 1. The van der Waals surface area contributed by atoms with Crippen LogP contribution in [0.4, 0.5) is 11.5 Å². The topological polar surface area (TPSA) is 137 Å². The molecular weight excluding hydrogens is 671 g/mol. The van der Waals surface area contributed by atoms with Crippen molar-refractivity contribution in [3.05, 3.63) is 84.6 Å². The van der Waals surface area contributed by atoms with Crippen molar-refractivity contribution in [2.45, 2.75) is 43.7 Å². The largest absolute Gasteiger partial charge is 0.383 e. The van der Waals surface area contributed by atoms with Gasteiger partial charge in [0.1, 0.15) is 17.9 Å². The standard InChI is InChI=1S/C35H38N8O2.3ClH/c1-45-22-31(44)39-25-14-19-42(20-15-25)27-6-2-5-23(21-27)29-12-13-30-34(40-29)43(33(41-30)28-7-3-18-38-32(28)36)26-10-8-24(9-11-26)35(37)16-4-17-35;;;/h2-3,5-13,18,21,25H,4,14-17,19-20,22,37H2,1H3,(H2,36,38)(H,39,44);3*1H. The van der Waals surface area contributed by atoms with Crippen molar-refractivity contribution >= 4 is 65.8 Å². The van der Waals surface area contributed by atoms with Gasteiger partial charge < -0.3 is 26.4 Å². The van der Waals surface area contributed by atoms with Gasteiger partial charge in [0, 0.05) is 54.9 Å². The number of pyridine rings is 2. The second kappa shape index (κ2) is 15.5. The van der Waals surface area contributed by atoms with Gasteiger partial charge in [-0.25, -0.2) is 15.0 Å². The van der Waals surface area contributed by atoms with Gasteiger partial charge in [-0.2, -0.15) is 0 Å². The molecule has 1 aliphatic heterocycles. The Kier molecular flexibility index (Phi) is 11.9. The number of rotatable bonds is 8. The van der Waals surface area contributed by atoms with E-state index in [1.165, 1.54) is 7.11 Å². The molecule has 1 aliphatic carbocycles. The Hall–Kier alpha value is -3.93. The Labute approximate surface area is 298 Å². The first kappa shape index (κ1) is 36.9. The molecule has 1 amide bonds. The highest BCUT2D eigenvalue weighted by Gasteiger charge is 2.34. The summed E-state index contributed by atoms with van der Waals surface area (Å²) in [5.41, 5.74) is 20.1. The van der Waals surface area contributed by atoms with Crippen LogP contribution in [-0.4, -0.2) is 58.3 Å². The molecule has 13 heteroatoms. The van der Waals surface area contributed by atoms with Crippen LogP contribution in [0, 0.1) is 0 Å². The predicted molar refractivity (Wildman–Crippen MR) is 199 cm³/mol. The van der Waals surface area contributed by atoms with Crippen LogP contribution < -0.4 is 21.7 Å². The van der Waals surface area contributed by atoms with Crippen molar-refractivity contribution in [2.75, 3.05) is 37.4 Å². The fraction of sp³-hybridized carbons (Fsp3) is 0.314. The molecule has 7 rings (SSSR count). The number of hydrogen-bond acceptors (Lipinski definition) is 8. The van der Waals surface area contributed by atoms with Gasteiger partial charge in [-0.3, -0.25) is 9.36 Å². The van der Waals surface area contributed by atoms with E-state index in [0.717, 1.165) is 90.1 Å². The van der Waals surface area contributed by atoms with Crippen molar-refractivity contribution < 1.29 is 9.53 Å². The summed E-state index contributed by atoms with van der Waals surface area (Å²) < 4.78 is 7.02. The smallest absolute Gasteiger partial charge is 0.246 e. The van der Waals surface area contributed by atoms with Crippen LogP contribution in [0.15, 0.2) is 79.0 Å². The Bertz CT molecular complexity index is 1860. The summed E-state index contributed by atoms with van der Waals surface area (Å²) >= 11 is 0. The van der Waals surface area contributed by atoms with E-state index in [-0.39, 0.29) is 61.3 Å². The molecular formula is C35H41Cl3N8O2. The number of fused-ring (bicyclic) bond motifs is 1. The van der Waals surface area contributed by atoms with Crippen molar-refractivity contribution in [3.63, 3.8) is 0 Å². The number of methoxy groups -OCH3 is 1. The summed E-state index contributed by atoms with van der Waals surface area (Å²) in [7, 11) is 1.54. The molecule has 0 unspecified atom stereocenters. The molecule has 254 valence electrons. The Morgan fingerprint density at radius 1 is 0.958 bits per heavy atom. The first-order chi connectivity index (χ1) is 21.9. The lowest BCUT2D eigenvalue weighted by Gasteiger charge is -2.38. The second-order valence-corrected chi connectivity index (χ2v) is 12.1. The molecule has 5 N–H and O–H groups in total. The summed E-state index contributed by atoms with van der Waals surface area (Å²) in [6.07, 6.45) is 6.62. The highest BCUT2D eigenvalue weighted by molar-refractivity contribution is 5.86. The van der Waals surface area contributed by atoms with Gasteiger partial charge in [0.2, 0.25) is 5.91 Å². The van der Waals surface area contributed by atoms with Crippen LogP contribution in [-0.2, 0) is 15.1 Å². The molecule has 0 bridgehead atoms. The number of benzene rings is 2. The number of piperidine rings is 1. The molecule has 5 aromatic rings. The van der Waals surface area contributed by atoms with E-state index < -0.39 is 0 Å². The van der Waals surface area contributed by atoms with E-state index in [1.54, 1.807) is 6.20 Å². The van der Waals surface area contributed by atoms with E-state index in [9.17, 15) is 4.79 Å². The van der Waals surface area contributed by atoms with Gasteiger partial charge in [-0.1, -0.05) is 24.3 Å². The maximum absolute atomic E-state index is 12.0. The maximum Gasteiger partial charge on any atom is 0.246 e. The minimum atomic E-state index is -0.240. The highest BCUT2D eigenvalue weighted by Crippen LogP contribution is 2.39. The van der Waals surface area contributed by atoms with Gasteiger partial charge in [-0.05, 0) is 86.2 Å². The highest BCUT2D eigenvalue weighted by atomic mass is 35.5. The number of anilines is 2. The van der Waals surface area contributed by atoms with E-state index in [2.05, 4.69) is 68.3 Å². The van der Waals surface area contributed by atoms with Crippen molar-refractivity contribution in [1.82, 2.24) is 24.8 Å². The summed E-state index contributed by atoms with van der Waals surface area (Å²) in [5.74, 6) is 1.04. The van der Waals surface area contributed by atoms with Crippen LogP contribution in [0.25, 0.3) is 39.5 Å². The van der Waals surface area contributed by atoms with Gasteiger partial charge in [0.25, 0.3) is 0 Å². The molecule has 2 fully saturated rings. The molecule has 3 aromatic heterocycles. The van der Waals surface area contributed by atoms with Crippen LogP contribution >= 0.6 is 37.2 Å². The van der Waals surface area contributed by atoms with Gasteiger partial charge in [-0.15, -0.1) is 37.2 Å². The third-order valence-corrected chi connectivity index (χ3v) is 9.17. The molecule has 0 radical (unpaired) electrons. The average Bonchev–Trinajstić information content (AvgIpc) is 3.43. The number of imidazole rings is 1. The molecule has 4 heterocycles. The van der Waals surface area contributed by atoms with E-state index in [1.807, 2.05) is 24.3 Å². The minimum Gasteiger partial charge on any atom is -0.383 e. The quantitative estimate of drug-likeness (QED) is 0.177. The Balaban J connectivity index is 0.00000173. The number of carbonyl (C=O) groups excluding carboxylic acids is 1. The zero-order chi connectivity index (χ0) is 31.0. The number of nitrogen functional groups attached to an aromatic ring is 1. The van der Waals surface area contributed by atoms with Gasteiger partial charge in [0.15, 0.2) is 11.5 Å². The minimum absolute atomic E-state index is 0. The maximum atomic E-state index is 12.0. The number of nitrogens with two attached hydrogens (primary N) is 2. The fourth-order valence-corrected chi connectivity index (χ4v) is 6.48. The van der Waals surface area contributed by atoms with Crippen LogP contribution in [0.5, 0.6) is 0 Å². The van der Waals surface area contributed by atoms with E-state index >= 15 is 0 Å². The number of nitrogens with one attached hydrogen (secondary N) is 1. The first-order valence-electron chi connectivity index (χ1n) is 15.6. The number of carbonyl (C=O) groups is 1. The van der Waals surface area contributed by atoms with Crippen LogP contribution in [0.2, 0.25) is 0 Å². The molecule has 0 spiro atoms. The van der Waals surface area contributed by atoms with Crippen LogP contribution in [0.1, 0.15) is 37.7 Å². The van der Waals surface area contributed by atoms with E-state index in [4.69, 9.17) is 26.2 Å². The van der Waals surface area contributed by atoms with E-state index in [0.29, 0.717) is 11.6 Å². The lowest BCUT2D eigenvalue weighted by Crippen LogP contribution is -2.45. The lowest BCUT2D eigenvalue weighted by molar-refractivity contribution is -0.125. The van der Waals surface area contributed by atoms with Crippen LogP contribution in [0.3, 0.4) is 0 Å². The Morgan fingerprint density at radius 3 is 2.38 bits per heavy atom. The zero-order valence-electron chi connectivity index (χ0n) is 26.7. The summed E-state index contributed by atoms with van der Waals surface area (Å²) in [5, 5.41) is 3.07. The second-order valence-electron chi connectivity index (χ2n) is 12.1. The first-order valence-corrected chi connectivity index (χ1v) is 15.6. The zero-order valence-corrected chi connectivity index (χ0v) is 29.1. The number of hydrogen-bond donors (Lipinski definition) is 3. The molecule has 1 saturated heterocycles. The monoisotopic (exact) mass is 710 g/mol. The molecule has 1 saturated carbocycles. The molecule has 48 heavy (non-hydrogen) atoms. The third kappa shape index (κ3) is 7.23. The number of amides is 1. The van der Waals surface area contributed by atoms with Gasteiger partial charge in [0.05, 0.1) is 11.3 Å². The number of halogens is 3. The predicted octanol–water partition coefficient (Wildman–Crippen LogP) is 6.07. The lowest BCUT2D eigenvalue weighted by atomic mass is 9.73. The summed E-state index contributed by atoms with van der Waals surface area (Å²) in [6.45, 7) is 1.81. The third-order valence-electron chi connectivity index (χ3n) is 9.17. The number of aromatic nitrogens is 4. The van der Waals surface area contributed by atoms with Crippen molar-refractivity contribution in [3.8, 4) is 28.3 Å². The normalized spacial score (nSPS) is 15.4. The summed E-state index contributed by atoms with van der Waals surface area (Å²) in [4.78, 5) is 28.8. The molecule has 0 atom stereocenters. The molecule has 2 aliphatic rings. The SMILES string of the molecule is COCC(=O)NC1CCN(c2cccc(-c3ccc4nc(-c5cccnc5N)n(-c5ccc(C6(N)CCC6)cc5)c4n3)c2)CC1.Cl.Cl.Cl. The fourth-order valence-electron chi connectivity index (χ4n) is 6.48. The Morgan fingerprint density at radius 2 is 1.71 bits per heavy atom. The van der Waals surface area contributed by atoms with Crippen molar-refractivity contribution in [1.29, 1.82) is 0 Å². The molecule has 10 nitrogen and oxygen atoms in total. The summed E-state index contributed by atoms with van der Waals surface area (Å²) in [6, 6.07) is 24.9. The van der Waals surface area contributed by atoms with Gasteiger partial charge >= 0.3 is 0 Å².